The van der Waals surface area contributed by atoms with Crippen LogP contribution in [-0.2, 0) is 14.8 Å². The summed E-state index contributed by atoms with van der Waals surface area (Å²) in [7, 11) is -3.45. The Morgan fingerprint density at radius 3 is 2.35 bits per heavy atom. The molecule has 140 valence electrons. The highest BCUT2D eigenvalue weighted by Crippen LogP contribution is 2.21. The van der Waals surface area contributed by atoms with E-state index >= 15 is 0 Å². The van der Waals surface area contributed by atoms with Crippen LogP contribution in [0.4, 0.5) is 5.69 Å². The number of aryl methyl sites for hydroxylation is 2. The summed E-state index contributed by atoms with van der Waals surface area (Å²) in [5.41, 5.74) is 2.57. The van der Waals surface area contributed by atoms with Gasteiger partial charge in [-0.15, -0.1) is 0 Å². The smallest absolute Gasteiger partial charge is 0.258 e. The number of benzene rings is 2. The van der Waals surface area contributed by atoms with Gasteiger partial charge in [0.05, 0.1) is 18.5 Å². The fourth-order valence-electron chi connectivity index (χ4n) is 2.44. The summed E-state index contributed by atoms with van der Waals surface area (Å²) in [5.74, 6) is 0.312. The van der Waals surface area contributed by atoms with Gasteiger partial charge in [0, 0.05) is 6.54 Å². The highest BCUT2D eigenvalue weighted by molar-refractivity contribution is 7.92. The number of hydrogen-bond donors (Lipinski definition) is 1. The molecule has 0 atom stereocenters. The summed E-state index contributed by atoms with van der Waals surface area (Å²) >= 11 is 0. The molecule has 0 saturated heterocycles. The molecule has 0 spiro atoms. The van der Waals surface area contributed by atoms with Crippen LogP contribution >= 0.6 is 0 Å². The number of nitrogens with zero attached hydrogens (tertiary/aromatic N) is 1. The van der Waals surface area contributed by atoms with Gasteiger partial charge < -0.3 is 10.1 Å². The lowest BCUT2D eigenvalue weighted by Crippen LogP contribution is -2.39. The van der Waals surface area contributed by atoms with Crippen molar-refractivity contribution in [2.45, 2.75) is 13.8 Å². The SMILES string of the molecule is Cc1ccc(OCC(=O)NCCN(c2ccccc2C)S(C)(=O)=O)cc1. The van der Waals surface area contributed by atoms with Crippen molar-refractivity contribution in [3.8, 4) is 5.75 Å². The van der Waals surface area contributed by atoms with Crippen molar-refractivity contribution >= 4 is 21.6 Å². The molecule has 1 amide bonds. The summed E-state index contributed by atoms with van der Waals surface area (Å²) in [6.45, 7) is 4.05. The van der Waals surface area contributed by atoms with E-state index in [4.69, 9.17) is 4.74 Å². The Hall–Kier alpha value is -2.54. The van der Waals surface area contributed by atoms with Gasteiger partial charge in [-0.25, -0.2) is 8.42 Å². The maximum Gasteiger partial charge on any atom is 0.258 e. The number of nitrogens with one attached hydrogen (secondary N) is 1. The minimum absolute atomic E-state index is 0.119. The van der Waals surface area contributed by atoms with Crippen molar-refractivity contribution in [1.29, 1.82) is 0 Å². The van der Waals surface area contributed by atoms with E-state index in [2.05, 4.69) is 5.32 Å². The van der Waals surface area contributed by atoms with Gasteiger partial charge in [0.2, 0.25) is 10.0 Å². The van der Waals surface area contributed by atoms with Crippen LogP contribution in [0, 0.1) is 13.8 Å². The average Bonchev–Trinajstić information content (AvgIpc) is 2.58. The van der Waals surface area contributed by atoms with E-state index in [-0.39, 0.29) is 25.6 Å². The monoisotopic (exact) mass is 376 g/mol. The lowest BCUT2D eigenvalue weighted by molar-refractivity contribution is -0.123. The fourth-order valence-corrected chi connectivity index (χ4v) is 3.42. The molecule has 0 radical (unpaired) electrons. The van der Waals surface area contributed by atoms with E-state index in [1.165, 1.54) is 4.31 Å². The second kappa shape index (κ2) is 8.71. The van der Waals surface area contributed by atoms with Crippen LogP contribution in [0.1, 0.15) is 11.1 Å². The minimum atomic E-state index is -3.45. The number of para-hydroxylation sites is 1. The van der Waals surface area contributed by atoms with E-state index in [1.807, 2.05) is 38.1 Å². The molecular weight excluding hydrogens is 352 g/mol. The number of ether oxygens (including phenoxy) is 1. The number of hydrogen-bond acceptors (Lipinski definition) is 4. The van der Waals surface area contributed by atoms with Crippen LogP contribution < -0.4 is 14.4 Å². The molecule has 7 heteroatoms. The molecule has 6 nitrogen and oxygen atoms in total. The maximum atomic E-state index is 12.1. The Balaban J connectivity index is 1.88. The van der Waals surface area contributed by atoms with E-state index in [1.54, 1.807) is 24.3 Å². The van der Waals surface area contributed by atoms with Gasteiger partial charge in [-0.3, -0.25) is 9.10 Å². The van der Waals surface area contributed by atoms with Crippen LogP contribution in [0.25, 0.3) is 0 Å². The average molecular weight is 376 g/mol. The molecule has 2 aromatic rings. The number of sulfonamides is 1. The van der Waals surface area contributed by atoms with Gasteiger partial charge in [0.15, 0.2) is 6.61 Å². The standard InChI is InChI=1S/C19H24N2O4S/c1-15-8-10-17(11-9-15)25-14-19(22)20-12-13-21(26(3,23)24)18-7-5-4-6-16(18)2/h4-11H,12-14H2,1-3H3,(H,20,22). The summed E-state index contributed by atoms with van der Waals surface area (Å²) in [6.07, 6.45) is 1.15. The molecule has 0 aliphatic heterocycles. The van der Waals surface area contributed by atoms with Crippen molar-refractivity contribution in [2.24, 2.45) is 0 Å². The van der Waals surface area contributed by atoms with Crippen molar-refractivity contribution in [2.75, 3.05) is 30.3 Å². The number of carbonyl (C=O) groups is 1. The highest BCUT2D eigenvalue weighted by atomic mass is 32.2. The van der Waals surface area contributed by atoms with Crippen LogP contribution in [0.15, 0.2) is 48.5 Å². The van der Waals surface area contributed by atoms with Crippen LogP contribution in [-0.4, -0.2) is 40.3 Å². The number of anilines is 1. The Morgan fingerprint density at radius 2 is 1.73 bits per heavy atom. The Morgan fingerprint density at radius 1 is 1.08 bits per heavy atom. The first-order chi connectivity index (χ1) is 12.3. The zero-order chi connectivity index (χ0) is 19.2. The van der Waals surface area contributed by atoms with Gasteiger partial charge in [-0.2, -0.15) is 0 Å². The quantitative estimate of drug-likeness (QED) is 0.767. The fraction of sp³-hybridized carbons (Fsp3) is 0.316. The van der Waals surface area contributed by atoms with Crippen LogP contribution in [0.3, 0.4) is 0 Å². The third-order valence-electron chi connectivity index (χ3n) is 3.81. The molecule has 1 N–H and O–H groups in total. The van der Waals surface area contributed by atoms with E-state index < -0.39 is 10.0 Å². The molecule has 0 heterocycles. The minimum Gasteiger partial charge on any atom is -0.484 e. The first-order valence-electron chi connectivity index (χ1n) is 8.27. The molecule has 0 bridgehead atoms. The van der Waals surface area contributed by atoms with E-state index in [0.29, 0.717) is 11.4 Å². The lowest BCUT2D eigenvalue weighted by Gasteiger charge is -2.24. The predicted molar refractivity (Wildman–Crippen MR) is 103 cm³/mol. The van der Waals surface area contributed by atoms with Gasteiger partial charge >= 0.3 is 0 Å². The van der Waals surface area contributed by atoms with Gasteiger partial charge in [-0.05, 0) is 37.6 Å². The molecule has 0 aromatic heterocycles. The molecule has 2 aromatic carbocycles. The zero-order valence-corrected chi connectivity index (χ0v) is 16.0. The Kier molecular flexibility index (Phi) is 6.63. The number of rotatable bonds is 8. The van der Waals surface area contributed by atoms with Crippen molar-refractivity contribution < 1.29 is 17.9 Å². The van der Waals surface area contributed by atoms with Crippen LogP contribution in [0.5, 0.6) is 5.75 Å². The molecule has 0 aliphatic rings. The third kappa shape index (κ3) is 5.77. The molecule has 0 aliphatic carbocycles. The first kappa shape index (κ1) is 19.8. The second-order valence-electron chi connectivity index (χ2n) is 6.07. The topological polar surface area (TPSA) is 75.7 Å². The van der Waals surface area contributed by atoms with Gasteiger partial charge in [0.25, 0.3) is 5.91 Å². The molecule has 0 fully saturated rings. The molecule has 0 unspecified atom stereocenters. The summed E-state index contributed by atoms with van der Waals surface area (Å²) < 4.78 is 30.9. The van der Waals surface area contributed by atoms with E-state index in [9.17, 15) is 13.2 Å². The zero-order valence-electron chi connectivity index (χ0n) is 15.2. The predicted octanol–water partition coefficient (Wildman–Crippen LogP) is 2.26. The molecule has 26 heavy (non-hydrogen) atoms. The van der Waals surface area contributed by atoms with Crippen molar-refractivity contribution in [3.63, 3.8) is 0 Å². The lowest BCUT2D eigenvalue weighted by atomic mass is 10.2. The van der Waals surface area contributed by atoms with E-state index in [0.717, 1.165) is 17.4 Å². The van der Waals surface area contributed by atoms with Crippen molar-refractivity contribution in [1.82, 2.24) is 5.32 Å². The first-order valence-corrected chi connectivity index (χ1v) is 10.1. The molecule has 0 saturated carbocycles. The normalized spacial score (nSPS) is 11.0. The van der Waals surface area contributed by atoms with Gasteiger partial charge in [-0.1, -0.05) is 35.9 Å². The Labute approximate surface area is 154 Å². The second-order valence-corrected chi connectivity index (χ2v) is 7.98. The summed E-state index contributed by atoms with van der Waals surface area (Å²) in [4.78, 5) is 11.9. The molecule has 2 rings (SSSR count). The van der Waals surface area contributed by atoms with Crippen molar-refractivity contribution in [3.05, 3.63) is 59.7 Å². The largest absolute Gasteiger partial charge is 0.484 e. The number of carbonyl (C=O) groups excluding carboxylic acids is 1. The summed E-state index contributed by atoms with van der Waals surface area (Å²) in [6, 6.07) is 14.6. The van der Waals surface area contributed by atoms with Gasteiger partial charge in [0.1, 0.15) is 5.75 Å². The third-order valence-corrected chi connectivity index (χ3v) is 4.99. The maximum absolute atomic E-state index is 12.1. The molecular formula is C19H24N2O4S. The Bertz CT molecular complexity index is 848. The number of amides is 1. The highest BCUT2D eigenvalue weighted by Gasteiger charge is 2.18. The van der Waals surface area contributed by atoms with Crippen LogP contribution in [0.2, 0.25) is 0 Å². The summed E-state index contributed by atoms with van der Waals surface area (Å²) in [5, 5.41) is 2.69.